The molecule has 0 aliphatic heterocycles. The number of rotatable bonds is 11. The van der Waals surface area contributed by atoms with E-state index in [0.29, 0.717) is 0 Å². The Morgan fingerprint density at radius 3 is 1.52 bits per heavy atom. The highest BCUT2D eigenvalue weighted by atomic mass is 28.4. The van der Waals surface area contributed by atoms with Gasteiger partial charge in [-0.2, -0.15) is 0 Å². The molecule has 0 aromatic rings. The number of hydrogen-bond donors (Lipinski definition) is 0. The van der Waals surface area contributed by atoms with Crippen molar-refractivity contribution in [2.45, 2.75) is 65.7 Å². The van der Waals surface area contributed by atoms with Gasteiger partial charge < -0.3 is 17.8 Å². The molecule has 0 aromatic carbocycles. The fourth-order valence-electron chi connectivity index (χ4n) is 2.60. The standard InChI is InChI=1S/C14H37NO3Si3/c1-10-17-21(9,18-11-2)13-12-16-14-15(19(3,4)5)20(6,7)8/h10-14H2,1-9H3. The van der Waals surface area contributed by atoms with E-state index in [2.05, 4.69) is 50.1 Å². The molecule has 0 fully saturated rings. The Morgan fingerprint density at radius 1 is 0.762 bits per heavy atom. The monoisotopic (exact) mass is 351 g/mol. The number of hydrogen-bond acceptors (Lipinski definition) is 4. The van der Waals surface area contributed by atoms with E-state index in [1.807, 2.05) is 13.8 Å². The lowest BCUT2D eigenvalue weighted by molar-refractivity contribution is 0.0939. The van der Waals surface area contributed by atoms with Crippen LogP contribution >= 0.6 is 0 Å². The van der Waals surface area contributed by atoms with Crippen molar-refractivity contribution in [2.24, 2.45) is 0 Å². The molecule has 0 aromatic heterocycles. The molecule has 21 heavy (non-hydrogen) atoms. The molecular weight excluding hydrogens is 314 g/mol. The summed E-state index contributed by atoms with van der Waals surface area (Å²) in [6, 6.07) is 0.903. The molecule has 4 nitrogen and oxygen atoms in total. The fourth-order valence-corrected chi connectivity index (χ4v) is 13.7. The SMILES string of the molecule is CCO[Si](C)(CCOCN([Si](C)(C)C)[Si](C)(C)C)OCC. The van der Waals surface area contributed by atoms with Gasteiger partial charge in [-0.15, -0.1) is 0 Å². The Morgan fingerprint density at radius 2 is 1.19 bits per heavy atom. The molecule has 7 heteroatoms. The first-order valence-electron chi connectivity index (χ1n) is 8.09. The van der Waals surface area contributed by atoms with Gasteiger partial charge in [-0.25, -0.2) is 0 Å². The molecular formula is C14H37NO3Si3. The fraction of sp³-hybridized carbons (Fsp3) is 1.00. The molecule has 0 saturated carbocycles. The van der Waals surface area contributed by atoms with E-state index in [1.54, 1.807) is 0 Å². The first-order valence-corrected chi connectivity index (χ1v) is 17.5. The quantitative estimate of drug-likeness (QED) is 0.319. The Bertz CT molecular complexity index is 270. The Balaban J connectivity index is 4.39. The van der Waals surface area contributed by atoms with Crippen molar-refractivity contribution < 1.29 is 13.6 Å². The van der Waals surface area contributed by atoms with Gasteiger partial charge in [-0.1, -0.05) is 39.3 Å². The summed E-state index contributed by atoms with van der Waals surface area (Å²) < 4.78 is 20.4. The lowest BCUT2D eigenvalue weighted by Gasteiger charge is -2.43. The van der Waals surface area contributed by atoms with E-state index >= 15 is 0 Å². The summed E-state index contributed by atoms with van der Waals surface area (Å²) >= 11 is 0. The Kier molecular flexibility index (Phi) is 9.16. The molecule has 0 N–H and O–H groups in total. The van der Waals surface area contributed by atoms with Gasteiger partial charge in [0.15, 0.2) is 0 Å². The van der Waals surface area contributed by atoms with Gasteiger partial charge >= 0.3 is 8.56 Å². The van der Waals surface area contributed by atoms with Crippen molar-refractivity contribution in [1.82, 2.24) is 4.23 Å². The van der Waals surface area contributed by atoms with Crippen LogP contribution in [0.15, 0.2) is 0 Å². The minimum atomic E-state index is -2.03. The molecule has 0 spiro atoms. The van der Waals surface area contributed by atoms with Crippen LogP contribution in [0.2, 0.25) is 51.9 Å². The van der Waals surface area contributed by atoms with Crippen molar-refractivity contribution in [1.29, 1.82) is 0 Å². The van der Waals surface area contributed by atoms with Gasteiger partial charge in [0.25, 0.3) is 0 Å². The predicted octanol–water partition coefficient (Wildman–Crippen LogP) is 4.08. The molecule has 0 radical (unpaired) electrons. The van der Waals surface area contributed by atoms with Crippen molar-refractivity contribution in [3.8, 4) is 0 Å². The molecule has 0 bridgehead atoms. The summed E-state index contributed by atoms with van der Waals surface area (Å²) in [4.78, 5) is 0. The average molecular weight is 352 g/mol. The Hall–Kier alpha value is 0.491. The zero-order chi connectivity index (χ0) is 16.7. The third-order valence-corrected chi connectivity index (χ3v) is 13.9. The van der Waals surface area contributed by atoms with Gasteiger partial charge in [-0.3, -0.25) is 0 Å². The summed E-state index contributed by atoms with van der Waals surface area (Å²) in [5.74, 6) is 0. The molecule has 0 aliphatic rings. The van der Waals surface area contributed by atoms with E-state index in [-0.39, 0.29) is 0 Å². The summed E-state index contributed by atoms with van der Waals surface area (Å²) in [5.41, 5.74) is 0. The highest BCUT2D eigenvalue weighted by molar-refractivity contribution is 6.89. The number of nitrogens with zero attached hydrogens (tertiary/aromatic N) is 1. The number of ether oxygens (including phenoxy) is 1. The lowest BCUT2D eigenvalue weighted by atomic mass is 10.8. The minimum Gasteiger partial charge on any atom is -0.395 e. The van der Waals surface area contributed by atoms with Crippen LogP contribution in [0, 0.1) is 0 Å². The van der Waals surface area contributed by atoms with Gasteiger partial charge in [0, 0.05) is 19.3 Å². The first kappa shape index (κ1) is 21.5. The van der Waals surface area contributed by atoms with Crippen LogP contribution in [-0.2, 0) is 13.6 Å². The summed E-state index contributed by atoms with van der Waals surface area (Å²) in [6.45, 7) is 23.5. The van der Waals surface area contributed by atoms with Crippen molar-refractivity contribution >= 4 is 25.0 Å². The van der Waals surface area contributed by atoms with Crippen molar-refractivity contribution in [3.05, 3.63) is 0 Å². The van der Waals surface area contributed by atoms with Crippen LogP contribution in [-0.4, -0.2) is 55.8 Å². The van der Waals surface area contributed by atoms with Gasteiger partial charge in [0.2, 0.25) is 0 Å². The molecule has 0 rings (SSSR count). The van der Waals surface area contributed by atoms with E-state index in [4.69, 9.17) is 13.6 Å². The van der Waals surface area contributed by atoms with Crippen LogP contribution < -0.4 is 0 Å². The van der Waals surface area contributed by atoms with Crippen LogP contribution in [0.3, 0.4) is 0 Å². The molecule has 0 saturated heterocycles. The highest BCUT2D eigenvalue weighted by Gasteiger charge is 2.35. The second kappa shape index (κ2) is 8.95. The summed E-state index contributed by atoms with van der Waals surface area (Å²) in [7, 11) is -4.69. The van der Waals surface area contributed by atoms with Gasteiger partial charge in [-0.05, 0) is 20.4 Å². The van der Waals surface area contributed by atoms with E-state index in [0.717, 1.165) is 32.6 Å². The van der Waals surface area contributed by atoms with E-state index < -0.39 is 25.0 Å². The maximum atomic E-state index is 6.01. The normalized spacial score (nSPS) is 14.0. The molecule has 0 amide bonds. The van der Waals surface area contributed by atoms with Crippen molar-refractivity contribution in [3.63, 3.8) is 0 Å². The molecule has 0 aliphatic carbocycles. The topological polar surface area (TPSA) is 30.9 Å². The molecule has 0 atom stereocenters. The highest BCUT2D eigenvalue weighted by Crippen LogP contribution is 2.20. The first-order chi connectivity index (χ1) is 9.46. The van der Waals surface area contributed by atoms with Crippen LogP contribution in [0.1, 0.15) is 13.8 Å². The van der Waals surface area contributed by atoms with Crippen LogP contribution in [0.25, 0.3) is 0 Å². The largest absolute Gasteiger partial charge is 0.395 e. The molecule has 0 heterocycles. The zero-order valence-electron chi connectivity index (χ0n) is 15.7. The van der Waals surface area contributed by atoms with E-state index in [9.17, 15) is 0 Å². The van der Waals surface area contributed by atoms with E-state index in [1.165, 1.54) is 0 Å². The zero-order valence-corrected chi connectivity index (χ0v) is 18.7. The third-order valence-electron chi connectivity index (χ3n) is 3.44. The van der Waals surface area contributed by atoms with Gasteiger partial charge in [0.05, 0.1) is 13.3 Å². The Labute approximate surface area is 135 Å². The van der Waals surface area contributed by atoms with Crippen molar-refractivity contribution in [2.75, 3.05) is 26.6 Å². The smallest absolute Gasteiger partial charge is 0.337 e. The maximum Gasteiger partial charge on any atom is 0.337 e. The minimum absolute atomic E-state index is 0.721. The van der Waals surface area contributed by atoms with Gasteiger partial charge in [0.1, 0.15) is 16.5 Å². The summed E-state index contributed by atoms with van der Waals surface area (Å²) in [6.07, 6.45) is 0. The second-order valence-corrected chi connectivity index (χ2v) is 21.1. The van der Waals surface area contributed by atoms with Crippen LogP contribution in [0.5, 0.6) is 0 Å². The maximum absolute atomic E-state index is 6.01. The predicted molar refractivity (Wildman–Crippen MR) is 99.0 cm³/mol. The van der Waals surface area contributed by atoms with Crippen LogP contribution in [0.4, 0.5) is 0 Å². The summed E-state index contributed by atoms with van der Waals surface area (Å²) in [5, 5.41) is 0. The lowest BCUT2D eigenvalue weighted by Crippen LogP contribution is -2.59. The molecule has 128 valence electrons. The third kappa shape index (κ3) is 8.63. The molecule has 0 unspecified atom stereocenters. The second-order valence-electron chi connectivity index (χ2n) is 7.56. The average Bonchev–Trinajstić information content (AvgIpc) is 2.25.